The van der Waals surface area contributed by atoms with Crippen LogP contribution in [0.25, 0.3) is 0 Å². The highest BCUT2D eigenvalue weighted by molar-refractivity contribution is 7.99. The van der Waals surface area contributed by atoms with E-state index >= 15 is 0 Å². The highest BCUT2D eigenvalue weighted by Crippen LogP contribution is 2.32. The Hall–Kier alpha value is -1.59. The minimum atomic E-state index is -0.0670. The number of hydrogen-bond acceptors (Lipinski definition) is 4. The van der Waals surface area contributed by atoms with Crippen molar-refractivity contribution < 1.29 is 0 Å². The van der Waals surface area contributed by atoms with Crippen molar-refractivity contribution in [1.29, 1.82) is 5.41 Å². The SMILES string of the molecule is Cc1cc(C)nc(Sc2nccc(C(=N)N)c2Cl)c1. The lowest BCUT2D eigenvalue weighted by atomic mass is 10.2. The number of halogens is 1. The normalized spacial score (nSPS) is 10.5. The summed E-state index contributed by atoms with van der Waals surface area (Å²) in [6, 6.07) is 5.60. The molecule has 0 spiro atoms. The number of aryl methyl sites for hydroxylation is 2. The molecule has 4 nitrogen and oxygen atoms in total. The molecule has 0 saturated heterocycles. The van der Waals surface area contributed by atoms with Crippen molar-refractivity contribution in [1.82, 2.24) is 9.97 Å². The Bertz CT molecular complexity index is 622. The van der Waals surface area contributed by atoms with Crippen LogP contribution in [0.2, 0.25) is 5.02 Å². The fraction of sp³-hybridized carbons (Fsp3) is 0.154. The lowest BCUT2D eigenvalue weighted by Gasteiger charge is -2.07. The van der Waals surface area contributed by atoms with E-state index in [2.05, 4.69) is 9.97 Å². The van der Waals surface area contributed by atoms with Crippen LogP contribution < -0.4 is 5.73 Å². The smallest absolute Gasteiger partial charge is 0.124 e. The van der Waals surface area contributed by atoms with Gasteiger partial charge in [-0.3, -0.25) is 5.41 Å². The van der Waals surface area contributed by atoms with Crippen LogP contribution in [0.1, 0.15) is 16.8 Å². The quantitative estimate of drug-likeness (QED) is 0.673. The number of nitrogens with two attached hydrogens (primary N) is 1. The summed E-state index contributed by atoms with van der Waals surface area (Å²) >= 11 is 7.57. The molecule has 98 valence electrons. The predicted octanol–water partition coefficient (Wildman–Crippen LogP) is 3.18. The van der Waals surface area contributed by atoms with Crippen molar-refractivity contribution >= 4 is 29.2 Å². The number of amidine groups is 1. The molecule has 3 N–H and O–H groups in total. The first-order chi connectivity index (χ1) is 8.97. The number of nitrogens with zero attached hydrogens (tertiary/aromatic N) is 2. The molecule has 2 aromatic rings. The van der Waals surface area contributed by atoms with Crippen molar-refractivity contribution in [2.45, 2.75) is 23.9 Å². The van der Waals surface area contributed by atoms with Crippen LogP contribution in [0.5, 0.6) is 0 Å². The van der Waals surface area contributed by atoms with Gasteiger partial charge in [0.05, 0.1) is 5.02 Å². The van der Waals surface area contributed by atoms with Crippen LogP contribution in [0.4, 0.5) is 0 Å². The minimum Gasteiger partial charge on any atom is -0.384 e. The number of nitrogen functional groups attached to an aromatic ring is 1. The van der Waals surface area contributed by atoms with E-state index in [1.807, 2.05) is 26.0 Å². The topological polar surface area (TPSA) is 75.7 Å². The van der Waals surface area contributed by atoms with Gasteiger partial charge in [-0.2, -0.15) is 0 Å². The van der Waals surface area contributed by atoms with Crippen molar-refractivity contribution in [2.24, 2.45) is 5.73 Å². The van der Waals surface area contributed by atoms with Gasteiger partial charge in [0.15, 0.2) is 0 Å². The van der Waals surface area contributed by atoms with Crippen LogP contribution >= 0.6 is 23.4 Å². The molecular formula is C13H13ClN4S. The summed E-state index contributed by atoms with van der Waals surface area (Å²) in [7, 11) is 0. The molecule has 6 heteroatoms. The first-order valence-electron chi connectivity index (χ1n) is 5.59. The second-order valence-corrected chi connectivity index (χ2v) is 5.50. The first-order valence-corrected chi connectivity index (χ1v) is 6.79. The largest absolute Gasteiger partial charge is 0.384 e. The highest BCUT2D eigenvalue weighted by Gasteiger charge is 2.12. The van der Waals surface area contributed by atoms with Crippen LogP contribution in [0.3, 0.4) is 0 Å². The molecule has 19 heavy (non-hydrogen) atoms. The van der Waals surface area contributed by atoms with Crippen molar-refractivity contribution in [2.75, 3.05) is 0 Å². The van der Waals surface area contributed by atoms with E-state index in [4.69, 9.17) is 22.7 Å². The second-order valence-electron chi connectivity index (χ2n) is 4.12. The summed E-state index contributed by atoms with van der Waals surface area (Å²) < 4.78 is 0. The monoisotopic (exact) mass is 292 g/mol. The Morgan fingerprint density at radius 2 is 2.11 bits per heavy atom. The summed E-state index contributed by atoms with van der Waals surface area (Å²) in [4.78, 5) is 8.64. The van der Waals surface area contributed by atoms with Gasteiger partial charge < -0.3 is 5.73 Å². The van der Waals surface area contributed by atoms with E-state index in [0.717, 1.165) is 16.3 Å². The summed E-state index contributed by atoms with van der Waals surface area (Å²) in [5.74, 6) is -0.0670. The van der Waals surface area contributed by atoms with Crippen molar-refractivity contribution in [3.05, 3.63) is 46.2 Å². The lowest BCUT2D eigenvalue weighted by molar-refractivity contribution is 1.03. The van der Waals surface area contributed by atoms with Crippen molar-refractivity contribution in [3.63, 3.8) is 0 Å². The maximum Gasteiger partial charge on any atom is 0.124 e. The molecule has 2 heterocycles. The summed E-state index contributed by atoms with van der Waals surface area (Å²) in [5, 5.41) is 9.28. The van der Waals surface area contributed by atoms with E-state index in [-0.39, 0.29) is 5.84 Å². The minimum absolute atomic E-state index is 0.0670. The number of rotatable bonds is 3. The molecule has 0 aromatic carbocycles. The Morgan fingerprint density at radius 3 is 2.74 bits per heavy atom. The molecule has 0 fully saturated rings. The third kappa shape index (κ3) is 3.24. The summed E-state index contributed by atoms with van der Waals surface area (Å²) in [5.41, 5.74) is 8.04. The first kappa shape index (κ1) is 13.8. The van der Waals surface area contributed by atoms with Crippen molar-refractivity contribution in [3.8, 4) is 0 Å². The fourth-order valence-electron chi connectivity index (χ4n) is 1.66. The molecule has 0 aliphatic heterocycles. The zero-order valence-electron chi connectivity index (χ0n) is 10.6. The molecule has 0 bridgehead atoms. The maximum atomic E-state index is 7.46. The number of nitrogens with one attached hydrogen (secondary N) is 1. The van der Waals surface area contributed by atoms with Gasteiger partial charge in [-0.25, -0.2) is 9.97 Å². The summed E-state index contributed by atoms with van der Waals surface area (Å²) in [6.45, 7) is 3.96. The molecule has 2 aromatic heterocycles. The number of pyridine rings is 2. The third-order valence-corrected chi connectivity index (χ3v) is 3.84. The van der Waals surface area contributed by atoms with Gasteiger partial charge in [-0.05, 0) is 49.4 Å². The van der Waals surface area contributed by atoms with Gasteiger partial charge in [0.1, 0.15) is 15.9 Å². The third-order valence-electron chi connectivity index (χ3n) is 2.42. The van der Waals surface area contributed by atoms with Crippen LogP contribution in [0, 0.1) is 19.3 Å². The molecule has 0 radical (unpaired) electrons. The standard InChI is InChI=1S/C13H13ClN4S/c1-7-5-8(2)18-10(6-7)19-13-11(14)9(12(15)16)3-4-17-13/h3-6H,1-2H3,(H3,15,16). The molecule has 0 saturated carbocycles. The predicted molar refractivity (Wildman–Crippen MR) is 78.1 cm³/mol. The highest BCUT2D eigenvalue weighted by atomic mass is 35.5. The van der Waals surface area contributed by atoms with Gasteiger partial charge >= 0.3 is 0 Å². The van der Waals surface area contributed by atoms with Gasteiger partial charge in [-0.1, -0.05) is 11.6 Å². The van der Waals surface area contributed by atoms with Crippen LogP contribution in [-0.4, -0.2) is 15.8 Å². The molecule has 0 aliphatic rings. The molecule has 0 unspecified atom stereocenters. The van der Waals surface area contributed by atoms with Gasteiger partial charge in [-0.15, -0.1) is 0 Å². The fourth-order valence-corrected chi connectivity index (χ4v) is 2.93. The Kier molecular flexibility index (Phi) is 4.07. The van der Waals surface area contributed by atoms with Gasteiger partial charge in [0.25, 0.3) is 0 Å². The zero-order valence-corrected chi connectivity index (χ0v) is 12.1. The maximum absolute atomic E-state index is 7.46. The second kappa shape index (κ2) is 5.59. The Morgan fingerprint density at radius 1 is 1.37 bits per heavy atom. The average molecular weight is 293 g/mol. The van der Waals surface area contributed by atoms with E-state index in [0.29, 0.717) is 15.6 Å². The Balaban J connectivity index is 2.38. The van der Waals surface area contributed by atoms with Crippen LogP contribution in [0.15, 0.2) is 34.4 Å². The molecule has 2 rings (SSSR count). The number of aromatic nitrogens is 2. The van der Waals surface area contributed by atoms with E-state index < -0.39 is 0 Å². The Labute approximate surface area is 120 Å². The van der Waals surface area contributed by atoms with E-state index in [1.54, 1.807) is 12.3 Å². The molecular weight excluding hydrogens is 280 g/mol. The number of hydrogen-bond donors (Lipinski definition) is 2. The molecule has 0 aliphatic carbocycles. The van der Waals surface area contributed by atoms with E-state index in [1.165, 1.54) is 11.8 Å². The molecule has 0 atom stereocenters. The van der Waals surface area contributed by atoms with Gasteiger partial charge in [0, 0.05) is 17.5 Å². The molecule has 0 amide bonds. The van der Waals surface area contributed by atoms with E-state index in [9.17, 15) is 0 Å². The van der Waals surface area contributed by atoms with Gasteiger partial charge in [0.2, 0.25) is 0 Å². The zero-order chi connectivity index (χ0) is 14.0. The lowest BCUT2D eigenvalue weighted by Crippen LogP contribution is -2.12. The van der Waals surface area contributed by atoms with Crippen LogP contribution in [-0.2, 0) is 0 Å². The summed E-state index contributed by atoms with van der Waals surface area (Å²) in [6.07, 6.45) is 1.59. The average Bonchev–Trinajstić information content (AvgIpc) is 2.30.